The van der Waals surface area contributed by atoms with Crippen molar-refractivity contribution in [2.24, 2.45) is 0 Å². The number of anilines is 1. The summed E-state index contributed by atoms with van der Waals surface area (Å²) >= 11 is 9.92. The van der Waals surface area contributed by atoms with Gasteiger partial charge < -0.3 is 4.74 Å². The van der Waals surface area contributed by atoms with Gasteiger partial charge in [-0.2, -0.15) is 0 Å². The maximum absolute atomic E-state index is 13.4. The van der Waals surface area contributed by atoms with Crippen molar-refractivity contribution in [3.05, 3.63) is 105 Å². The fourth-order valence-electron chi connectivity index (χ4n) is 3.26. The molecule has 0 saturated carbocycles. The molecule has 0 radical (unpaired) electrons. The Kier molecular flexibility index (Phi) is 5.56. The molecule has 1 aliphatic heterocycles. The summed E-state index contributed by atoms with van der Waals surface area (Å²) in [6, 6.07) is 22.9. The molecule has 0 saturated heterocycles. The van der Waals surface area contributed by atoms with Gasteiger partial charge in [-0.1, -0.05) is 60.1 Å². The molecule has 3 aromatic carbocycles. The van der Waals surface area contributed by atoms with Crippen LogP contribution >= 0.6 is 27.5 Å². The largest absolute Gasteiger partial charge is 0.496 e. The number of rotatable bonds is 4. The molecule has 0 bridgehead atoms. The lowest BCUT2D eigenvalue weighted by Crippen LogP contribution is -2.25. The average molecular weight is 467 g/mol. The van der Waals surface area contributed by atoms with E-state index in [0.29, 0.717) is 16.3 Å². The Bertz CT molecular complexity index is 1140. The molecule has 4 rings (SSSR count). The van der Waals surface area contributed by atoms with Crippen molar-refractivity contribution < 1.29 is 9.53 Å². The zero-order valence-corrected chi connectivity index (χ0v) is 17.9. The first-order valence-corrected chi connectivity index (χ1v) is 10.2. The van der Waals surface area contributed by atoms with E-state index in [1.54, 1.807) is 18.1 Å². The molecule has 0 N–H and O–H groups in total. The zero-order valence-electron chi connectivity index (χ0n) is 15.6. The van der Waals surface area contributed by atoms with E-state index in [1.165, 1.54) is 0 Å². The molecular weight excluding hydrogens is 450 g/mol. The minimum absolute atomic E-state index is 0.121. The average Bonchev–Trinajstić information content (AvgIpc) is 3.05. The number of carbonyl (C=O) groups excluding carboxylic acids is 1. The lowest BCUT2D eigenvalue weighted by molar-refractivity contribution is -0.113. The zero-order chi connectivity index (χ0) is 20.4. The van der Waals surface area contributed by atoms with Crippen molar-refractivity contribution in [2.75, 3.05) is 12.0 Å². The second-order valence-corrected chi connectivity index (χ2v) is 7.74. The minimum Gasteiger partial charge on any atom is -0.496 e. The maximum Gasteiger partial charge on any atom is 0.262 e. The second kappa shape index (κ2) is 8.27. The molecule has 0 unspecified atom stereocenters. The highest BCUT2D eigenvalue weighted by molar-refractivity contribution is 9.10. The fraction of sp³-hybridized carbons (Fsp3) is 0.0417. The summed E-state index contributed by atoms with van der Waals surface area (Å²) in [4.78, 5) is 15.0. The van der Waals surface area contributed by atoms with Crippen LogP contribution in [0.25, 0.3) is 11.8 Å². The van der Waals surface area contributed by atoms with Crippen LogP contribution in [0.2, 0.25) is 5.02 Å². The number of carbonyl (C=O) groups is 1. The number of hydrogen-bond acceptors (Lipinski definition) is 2. The Labute approximate surface area is 183 Å². The summed E-state index contributed by atoms with van der Waals surface area (Å²) in [6.45, 7) is 0. The predicted octanol–water partition coefficient (Wildman–Crippen LogP) is 6.58. The number of ether oxygens (including phenoxy) is 1. The molecule has 0 atom stereocenters. The second-order valence-electron chi connectivity index (χ2n) is 6.48. The highest BCUT2D eigenvalue weighted by Gasteiger charge is 2.31. The lowest BCUT2D eigenvalue weighted by atomic mass is 10.1. The van der Waals surface area contributed by atoms with Crippen molar-refractivity contribution >= 4 is 50.9 Å². The molecule has 144 valence electrons. The van der Waals surface area contributed by atoms with Gasteiger partial charge in [-0.05, 0) is 63.5 Å². The molecule has 0 spiro atoms. The lowest BCUT2D eigenvalue weighted by Gasteiger charge is -2.21. The predicted molar refractivity (Wildman–Crippen MR) is 122 cm³/mol. The van der Waals surface area contributed by atoms with Crippen molar-refractivity contribution in [1.29, 1.82) is 0 Å². The van der Waals surface area contributed by atoms with Gasteiger partial charge in [-0.25, -0.2) is 0 Å². The molecule has 29 heavy (non-hydrogen) atoms. The summed E-state index contributed by atoms with van der Waals surface area (Å²) in [5.41, 5.74) is 3.88. The van der Waals surface area contributed by atoms with Gasteiger partial charge >= 0.3 is 0 Å². The van der Waals surface area contributed by atoms with Gasteiger partial charge in [0.15, 0.2) is 0 Å². The summed E-state index contributed by atoms with van der Waals surface area (Å²) < 4.78 is 6.11. The van der Waals surface area contributed by atoms with Crippen molar-refractivity contribution in [2.45, 2.75) is 0 Å². The molecule has 0 aliphatic carbocycles. The first-order valence-electron chi connectivity index (χ1n) is 9.00. The topological polar surface area (TPSA) is 29.5 Å². The number of benzene rings is 3. The van der Waals surface area contributed by atoms with Crippen LogP contribution in [0, 0.1) is 0 Å². The van der Waals surface area contributed by atoms with Gasteiger partial charge in [-0.15, -0.1) is 0 Å². The Morgan fingerprint density at radius 3 is 2.41 bits per heavy atom. The number of amides is 1. The first-order chi connectivity index (χ1) is 14.1. The minimum atomic E-state index is -0.121. The Hall–Kier alpha value is -2.82. The molecule has 1 heterocycles. The normalized spacial score (nSPS) is 15.0. The molecule has 0 fully saturated rings. The molecule has 0 aromatic heterocycles. The van der Waals surface area contributed by atoms with Crippen molar-refractivity contribution in [1.82, 2.24) is 0 Å². The van der Waals surface area contributed by atoms with Gasteiger partial charge in [0.05, 0.1) is 28.0 Å². The SMILES string of the molecule is COc1ccc(C=C2C=C(c3ccccc3)N(c3ccccc3Cl)C2=O)cc1Br. The monoisotopic (exact) mass is 465 g/mol. The standard InChI is InChI=1S/C24H17BrClNO2/c1-29-23-12-11-16(14-19(23)25)13-18-15-22(17-7-3-2-4-8-17)27(24(18)28)21-10-6-5-9-20(21)26/h2-15H,1H3. The van der Waals surface area contributed by atoms with Crippen LogP contribution in [-0.2, 0) is 4.79 Å². The van der Waals surface area contributed by atoms with Crippen molar-refractivity contribution in [3.8, 4) is 5.75 Å². The summed E-state index contributed by atoms with van der Waals surface area (Å²) in [5, 5.41) is 0.524. The van der Waals surface area contributed by atoms with Gasteiger partial charge in [0, 0.05) is 5.57 Å². The Balaban J connectivity index is 1.82. The maximum atomic E-state index is 13.4. The van der Waals surface area contributed by atoms with Crippen LogP contribution in [0.4, 0.5) is 5.69 Å². The molecule has 3 aromatic rings. The third-order valence-electron chi connectivity index (χ3n) is 4.64. The molecule has 5 heteroatoms. The van der Waals surface area contributed by atoms with E-state index in [1.807, 2.05) is 78.9 Å². The number of methoxy groups -OCH3 is 1. The molecule has 1 aliphatic rings. The third kappa shape index (κ3) is 3.86. The van der Waals surface area contributed by atoms with E-state index >= 15 is 0 Å². The van der Waals surface area contributed by atoms with Crippen LogP contribution < -0.4 is 9.64 Å². The Morgan fingerprint density at radius 1 is 1.00 bits per heavy atom. The number of hydrogen-bond donors (Lipinski definition) is 0. The van der Waals surface area contributed by atoms with Crippen molar-refractivity contribution in [3.63, 3.8) is 0 Å². The summed E-state index contributed by atoms with van der Waals surface area (Å²) in [7, 11) is 1.62. The van der Waals surface area contributed by atoms with Gasteiger partial charge in [0.2, 0.25) is 0 Å². The van der Waals surface area contributed by atoms with E-state index in [2.05, 4.69) is 15.9 Å². The van der Waals surface area contributed by atoms with Crippen LogP contribution in [-0.4, -0.2) is 13.0 Å². The van der Waals surface area contributed by atoms with Gasteiger partial charge in [-0.3, -0.25) is 9.69 Å². The quantitative estimate of drug-likeness (QED) is 0.406. The van der Waals surface area contributed by atoms with Gasteiger partial charge in [0.1, 0.15) is 5.75 Å². The van der Waals surface area contributed by atoms with Crippen LogP contribution in [0.3, 0.4) is 0 Å². The van der Waals surface area contributed by atoms with Crippen LogP contribution in [0.5, 0.6) is 5.75 Å². The molecular formula is C24H17BrClNO2. The van der Waals surface area contributed by atoms with E-state index in [-0.39, 0.29) is 5.91 Å². The highest BCUT2D eigenvalue weighted by Crippen LogP contribution is 2.38. The number of para-hydroxylation sites is 1. The smallest absolute Gasteiger partial charge is 0.262 e. The van der Waals surface area contributed by atoms with Gasteiger partial charge in [0.25, 0.3) is 5.91 Å². The fourth-order valence-corrected chi connectivity index (χ4v) is 4.04. The summed E-state index contributed by atoms with van der Waals surface area (Å²) in [5.74, 6) is 0.618. The molecule has 1 amide bonds. The molecule has 3 nitrogen and oxygen atoms in total. The summed E-state index contributed by atoms with van der Waals surface area (Å²) in [6.07, 6.45) is 3.77. The third-order valence-corrected chi connectivity index (χ3v) is 5.58. The van der Waals surface area contributed by atoms with Crippen LogP contribution in [0.1, 0.15) is 11.1 Å². The van der Waals surface area contributed by atoms with E-state index in [9.17, 15) is 4.79 Å². The van der Waals surface area contributed by atoms with E-state index in [4.69, 9.17) is 16.3 Å². The van der Waals surface area contributed by atoms with Crippen LogP contribution in [0.15, 0.2) is 88.9 Å². The Morgan fingerprint density at radius 2 is 1.72 bits per heavy atom. The first kappa shape index (κ1) is 19.5. The van der Waals surface area contributed by atoms with E-state index < -0.39 is 0 Å². The number of halogens is 2. The highest BCUT2D eigenvalue weighted by atomic mass is 79.9. The van der Waals surface area contributed by atoms with E-state index in [0.717, 1.165) is 27.0 Å². The number of nitrogens with zero attached hydrogens (tertiary/aromatic N) is 1.